The van der Waals surface area contributed by atoms with E-state index >= 15 is 0 Å². The van der Waals surface area contributed by atoms with Crippen LogP contribution in [0.5, 0.6) is 11.6 Å². The zero-order valence-electron chi connectivity index (χ0n) is 15.0. The zero-order chi connectivity index (χ0) is 20.1. The lowest BCUT2D eigenvalue weighted by Gasteiger charge is -2.09. The van der Waals surface area contributed by atoms with Gasteiger partial charge in [0.1, 0.15) is 30.0 Å². The molecule has 0 atom stereocenters. The molecule has 2 amide bonds. The van der Waals surface area contributed by atoms with Crippen LogP contribution in [0.25, 0.3) is 5.82 Å². The maximum Gasteiger partial charge on any atom is 0.323 e. The molecule has 0 radical (unpaired) electrons. The van der Waals surface area contributed by atoms with Crippen molar-refractivity contribution in [1.29, 1.82) is 0 Å². The van der Waals surface area contributed by atoms with Crippen LogP contribution in [0.1, 0.15) is 0 Å². The number of nitrogens with one attached hydrogen (secondary N) is 2. The monoisotopic (exact) mass is 390 g/mol. The third kappa shape index (κ3) is 4.72. The highest BCUT2D eigenvalue weighted by atomic mass is 19.1. The van der Waals surface area contributed by atoms with Gasteiger partial charge in [0, 0.05) is 29.8 Å². The molecule has 2 heterocycles. The van der Waals surface area contributed by atoms with E-state index in [0.717, 1.165) is 0 Å². The van der Waals surface area contributed by atoms with Gasteiger partial charge in [0.05, 0.1) is 0 Å². The zero-order valence-corrected chi connectivity index (χ0v) is 15.0. The fourth-order valence-corrected chi connectivity index (χ4v) is 2.51. The Balaban J connectivity index is 1.38. The first-order valence-corrected chi connectivity index (χ1v) is 8.57. The Bertz CT molecular complexity index is 1120. The molecule has 8 nitrogen and oxygen atoms in total. The second-order valence-electron chi connectivity index (χ2n) is 5.90. The molecule has 0 aliphatic carbocycles. The Morgan fingerprint density at radius 3 is 2.59 bits per heavy atom. The molecule has 4 rings (SSSR count). The Morgan fingerprint density at radius 2 is 1.83 bits per heavy atom. The number of halogens is 1. The number of hydrogen-bond donors (Lipinski definition) is 2. The average molecular weight is 390 g/mol. The van der Waals surface area contributed by atoms with Gasteiger partial charge in [-0.15, -0.1) is 0 Å². The third-order valence-electron chi connectivity index (χ3n) is 3.81. The molecule has 29 heavy (non-hydrogen) atoms. The summed E-state index contributed by atoms with van der Waals surface area (Å²) in [6, 6.07) is 13.6. The molecular weight excluding hydrogens is 375 g/mol. The molecule has 0 bridgehead atoms. The van der Waals surface area contributed by atoms with Gasteiger partial charge in [-0.1, -0.05) is 6.07 Å². The topological polar surface area (TPSA) is 94.0 Å². The Morgan fingerprint density at radius 1 is 1.00 bits per heavy atom. The summed E-state index contributed by atoms with van der Waals surface area (Å²) in [5.74, 6) is 1.11. The lowest BCUT2D eigenvalue weighted by atomic mass is 10.3. The van der Waals surface area contributed by atoms with Gasteiger partial charge in [0.2, 0.25) is 5.88 Å². The number of nitrogens with zero attached hydrogens (tertiary/aromatic N) is 4. The van der Waals surface area contributed by atoms with E-state index in [1.807, 2.05) is 0 Å². The van der Waals surface area contributed by atoms with Crippen LogP contribution < -0.4 is 15.4 Å². The first kappa shape index (κ1) is 18.1. The van der Waals surface area contributed by atoms with Crippen LogP contribution in [-0.4, -0.2) is 25.6 Å². The Labute approximate surface area is 165 Å². The molecule has 2 aromatic carbocycles. The first-order chi connectivity index (χ1) is 14.2. The molecule has 0 aliphatic heterocycles. The van der Waals surface area contributed by atoms with Crippen molar-refractivity contribution in [3.05, 3.63) is 85.5 Å². The van der Waals surface area contributed by atoms with Gasteiger partial charge in [0.15, 0.2) is 0 Å². The molecule has 2 aromatic heterocycles. The van der Waals surface area contributed by atoms with Crippen LogP contribution >= 0.6 is 0 Å². The number of anilines is 2. The van der Waals surface area contributed by atoms with Gasteiger partial charge in [-0.25, -0.2) is 24.1 Å². The van der Waals surface area contributed by atoms with Crippen molar-refractivity contribution in [3.63, 3.8) is 0 Å². The van der Waals surface area contributed by atoms with Crippen LogP contribution in [0.3, 0.4) is 0 Å². The van der Waals surface area contributed by atoms with E-state index in [1.165, 1.54) is 24.5 Å². The summed E-state index contributed by atoms with van der Waals surface area (Å²) in [7, 11) is 0. The van der Waals surface area contributed by atoms with Gasteiger partial charge in [0.25, 0.3) is 0 Å². The minimum atomic E-state index is -0.481. The highest BCUT2D eigenvalue weighted by Gasteiger charge is 2.06. The van der Waals surface area contributed by atoms with E-state index in [-0.39, 0.29) is 0 Å². The van der Waals surface area contributed by atoms with E-state index in [4.69, 9.17) is 4.74 Å². The quantitative estimate of drug-likeness (QED) is 0.532. The maximum atomic E-state index is 13.2. The summed E-state index contributed by atoms with van der Waals surface area (Å²) in [6.07, 6.45) is 6.44. The number of aromatic nitrogens is 4. The van der Waals surface area contributed by atoms with E-state index < -0.39 is 11.8 Å². The standard InChI is InChI=1S/C20H15FN6O2/c21-14-2-1-3-16(10-14)26-20(28)25-15-4-6-17(7-5-15)29-19-11-18(23-12-24-19)27-9-8-22-13-27/h1-13H,(H2,25,26,28). The van der Waals surface area contributed by atoms with Crippen molar-refractivity contribution in [3.8, 4) is 17.4 Å². The summed E-state index contributed by atoms with van der Waals surface area (Å²) >= 11 is 0. The third-order valence-corrected chi connectivity index (χ3v) is 3.81. The van der Waals surface area contributed by atoms with Gasteiger partial charge in [-0.3, -0.25) is 4.57 Å². The fourth-order valence-electron chi connectivity index (χ4n) is 2.51. The molecule has 0 aliphatic rings. The van der Waals surface area contributed by atoms with Gasteiger partial charge < -0.3 is 15.4 Å². The first-order valence-electron chi connectivity index (χ1n) is 8.57. The molecule has 0 saturated heterocycles. The second kappa shape index (κ2) is 8.17. The number of carbonyl (C=O) groups is 1. The SMILES string of the molecule is O=C(Nc1ccc(Oc2cc(-n3ccnc3)ncn2)cc1)Nc1cccc(F)c1. The molecule has 0 unspecified atom stereocenters. The molecule has 0 spiro atoms. The fraction of sp³-hybridized carbons (Fsp3) is 0. The summed E-state index contributed by atoms with van der Waals surface area (Å²) in [6.45, 7) is 0. The van der Waals surface area contributed by atoms with Crippen LogP contribution in [0, 0.1) is 5.82 Å². The van der Waals surface area contributed by atoms with E-state index in [2.05, 4.69) is 25.6 Å². The van der Waals surface area contributed by atoms with Crippen molar-refractivity contribution in [1.82, 2.24) is 19.5 Å². The molecule has 4 aromatic rings. The van der Waals surface area contributed by atoms with Crippen LogP contribution in [0.15, 0.2) is 79.6 Å². The molecular formula is C20H15FN6O2. The summed E-state index contributed by atoms with van der Waals surface area (Å²) in [5, 5.41) is 5.22. The molecule has 144 valence electrons. The lowest BCUT2D eigenvalue weighted by molar-refractivity contribution is 0.262. The number of urea groups is 1. The number of amides is 2. The predicted octanol–water partition coefficient (Wildman–Crippen LogP) is 4.24. The number of imidazole rings is 1. The number of ether oxygens (including phenoxy) is 1. The predicted molar refractivity (Wildman–Crippen MR) is 105 cm³/mol. The Kier molecular flexibility index (Phi) is 5.10. The normalized spacial score (nSPS) is 10.4. The van der Waals surface area contributed by atoms with Crippen LogP contribution in [0.4, 0.5) is 20.6 Å². The van der Waals surface area contributed by atoms with Crippen LogP contribution in [0.2, 0.25) is 0 Å². The van der Waals surface area contributed by atoms with Crippen LogP contribution in [-0.2, 0) is 0 Å². The highest BCUT2D eigenvalue weighted by molar-refractivity contribution is 5.99. The molecule has 2 N–H and O–H groups in total. The van der Waals surface area contributed by atoms with E-state index in [9.17, 15) is 9.18 Å². The lowest BCUT2D eigenvalue weighted by Crippen LogP contribution is -2.19. The average Bonchev–Trinajstić information content (AvgIpc) is 3.25. The van der Waals surface area contributed by atoms with Crippen molar-refractivity contribution >= 4 is 17.4 Å². The Hall–Kier alpha value is -4.27. The minimum Gasteiger partial charge on any atom is -0.439 e. The van der Waals surface area contributed by atoms with Gasteiger partial charge >= 0.3 is 6.03 Å². The number of rotatable bonds is 5. The van der Waals surface area contributed by atoms with Gasteiger partial charge in [-0.05, 0) is 42.5 Å². The summed E-state index contributed by atoms with van der Waals surface area (Å²) in [5.41, 5.74) is 0.910. The van der Waals surface area contributed by atoms with Gasteiger partial charge in [-0.2, -0.15) is 0 Å². The smallest absolute Gasteiger partial charge is 0.323 e. The molecule has 0 saturated carbocycles. The van der Waals surface area contributed by atoms with Crippen molar-refractivity contribution in [2.45, 2.75) is 0 Å². The summed E-state index contributed by atoms with van der Waals surface area (Å²) in [4.78, 5) is 24.3. The van der Waals surface area contributed by atoms with E-state index in [0.29, 0.717) is 28.8 Å². The van der Waals surface area contributed by atoms with Crippen molar-refractivity contribution in [2.75, 3.05) is 10.6 Å². The number of hydrogen-bond acceptors (Lipinski definition) is 5. The second-order valence-corrected chi connectivity index (χ2v) is 5.90. The number of carbonyl (C=O) groups excluding carboxylic acids is 1. The summed E-state index contributed by atoms with van der Waals surface area (Å²) < 4.78 is 20.6. The largest absolute Gasteiger partial charge is 0.439 e. The van der Waals surface area contributed by atoms with Crippen molar-refractivity contribution in [2.24, 2.45) is 0 Å². The van der Waals surface area contributed by atoms with E-state index in [1.54, 1.807) is 59.7 Å². The molecule has 0 fully saturated rings. The molecule has 9 heteroatoms. The number of benzene rings is 2. The maximum absolute atomic E-state index is 13.2. The minimum absolute atomic E-state index is 0.361. The van der Waals surface area contributed by atoms with Crippen molar-refractivity contribution < 1.29 is 13.9 Å². The highest BCUT2D eigenvalue weighted by Crippen LogP contribution is 2.22.